The van der Waals surface area contributed by atoms with Crippen LogP contribution in [0.15, 0.2) is 0 Å². The van der Waals surface area contributed by atoms with Crippen LogP contribution in [0, 0.1) is 17.3 Å². The molecule has 0 N–H and O–H groups in total. The van der Waals surface area contributed by atoms with E-state index in [4.69, 9.17) is 0 Å². The molecule has 0 nitrogen and oxygen atoms in total. The van der Waals surface area contributed by atoms with E-state index in [2.05, 4.69) is 32.6 Å². The van der Waals surface area contributed by atoms with Crippen molar-refractivity contribution >= 4 is 10.0 Å². The Kier molecular flexibility index (Phi) is 4.41. The van der Waals surface area contributed by atoms with E-state index in [0.717, 1.165) is 17.1 Å². The molecule has 0 aromatic heterocycles. The minimum absolute atomic E-state index is 0.299. The van der Waals surface area contributed by atoms with Gasteiger partial charge in [0.05, 0.1) is 0 Å². The summed E-state index contributed by atoms with van der Waals surface area (Å²) in [6, 6.07) is 0. The van der Waals surface area contributed by atoms with Crippen molar-refractivity contribution in [3.8, 4) is 0 Å². The molecule has 2 saturated carbocycles. The highest BCUT2D eigenvalue weighted by Gasteiger charge is 2.34. The third kappa shape index (κ3) is 3.68. The molecule has 108 valence electrons. The third-order valence-corrected chi connectivity index (χ3v) is 8.24. The number of hydrogen-bond donors (Lipinski definition) is 0. The fourth-order valence-corrected chi connectivity index (χ4v) is 5.85. The Labute approximate surface area is 117 Å². The summed E-state index contributed by atoms with van der Waals surface area (Å²) in [5, 5.41) is 1.06. The third-order valence-electron chi connectivity index (χ3n) is 5.77. The van der Waals surface area contributed by atoms with Crippen LogP contribution in [0.2, 0.25) is 0 Å². The zero-order valence-electron chi connectivity index (χ0n) is 13.3. The fourth-order valence-electron chi connectivity index (χ4n) is 4.16. The maximum absolute atomic E-state index is 2.52. The normalized spacial score (nSPS) is 35.4. The monoisotopic (exact) mass is 270 g/mol. The van der Waals surface area contributed by atoms with Gasteiger partial charge in [0.1, 0.15) is 0 Å². The zero-order chi connectivity index (χ0) is 13.4. The molecule has 0 saturated heterocycles. The molecular formula is C17H34S. The van der Waals surface area contributed by atoms with Crippen LogP contribution in [0.1, 0.15) is 65.2 Å². The molecule has 2 fully saturated rings. The summed E-state index contributed by atoms with van der Waals surface area (Å²) in [7, 11) is -0.299. The SMILES string of the molecule is CC1(C)CCC(C2CCC(S(C)(C)C)CC2)CC1. The van der Waals surface area contributed by atoms with Crippen molar-refractivity contribution in [1.82, 2.24) is 0 Å². The first-order chi connectivity index (χ1) is 8.28. The van der Waals surface area contributed by atoms with Crippen LogP contribution < -0.4 is 0 Å². The predicted octanol–water partition coefficient (Wildman–Crippen LogP) is 5.46. The Bertz CT molecular complexity index is 256. The molecule has 18 heavy (non-hydrogen) atoms. The molecule has 0 spiro atoms. The van der Waals surface area contributed by atoms with Crippen LogP contribution in [-0.2, 0) is 0 Å². The topological polar surface area (TPSA) is 0 Å². The van der Waals surface area contributed by atoms with E-state index in [0.29, 0.717) is 5.41 Å². The van der Waals surface area contributed by atoms with Gasteiger partial charge in [0.15, 0.2) is 0 Å². The Balaban J connectivity index is 1.80. The van der Waals surface area contributed by atoms with Gasteiger partial charge in [-0.25, -0.2) is 10.0 Å². The molecule has 1 heteroatoms. The quantitative estimate of drug-likeness (QED) is 0.625. The molecule has 0 radical (unpaired) electrons. The molecule has 0 aliphatic heterocycles. The highest BCUT2D eigenvalue weighted by atomic mass is 32.3. The van der Waals surface area contributed by atoms with Crippen molar-refractivity contribution in [2.75, 3.05) is 18.8 Å². The second-order valence-electron chi connectivity index (χ2n) is 8.47. The van der Waals surface area contributed by atoms with Crippen LogP contribution >= 0.6 is 10.0 Å². The lowest BCUT2D eigenvalue weighted by atomic mass is 9.67. The van der Waals surface area contributed by atoms with E-state index in [1.54, 1.807) is 12.8 Å². The fraction of sp³-hybridized carbons (Fsp3) is 1.00. The van der Waals surface area contributed by atoms with Gasteiger partial charge in [-0.2, -0.15) is 0 Å². The average molecular weight is 271 g/mol. The first kappa shape index (κ1) is 14.8. The first-order valence-electron chi connectivity index (χ1n) is 7.95. The van der Waals surface area contributed by atoms with Gasteiger partial charge >= 0.3 is 0 Å². The first-order valence-corrected chi connectivity index (χ1v) is 10.9. The van der Waals surface area contributed by atoms with Gasteiger partial charge in [-0.1, -0.05) is 13.8 Å². The molecule has 0 amide bonds. The summed E-state index contributed by atoms with van der Waals surface area (Å²) >= 11 is 0. The van der Waals surface area contributed by atoms with Crippen molar-refractivity contribution < 1.29 is 0 Å². The van der Waals surface area contributed by atoms with Gasteiger partial charge < -0.3 is 0 Å². The summed E-state index contributed by atoms with van der Waals surface area (Å²) in [5.41, 5.74) is 0.642. The Morgan fingerprint density at radius 1 is 0.722 bits per heavy atom. The van der Waals surface area contributed by atoms with Crippen LogP contribution in [0.4, 0.5) is 0 Å². The smallest absolute Gasteiger partial charge is 0.0119 e. The van der Waals surface area contributed by atoms with Crippen LogP contribution in [-0.4, -0.2) is 24.0 Å². The molecule has 0 unspecified atom stereocenters. The lowest BCUT2D eigenvalue weighted by Crippen LogP contribution is -2.30. The summed E-state index contributed by atoms with van der Waals surface area (Å²) < 4.78 is 0. The van der Waals surface area contributed by atoms with Crippen molar-refractivity contribution in [1.29, 1.82) is 0 Å². The second kappa shape index (κ2) is 5.38. The van der Waals surface area contributed by atoms with Gasteiger partial charge in [-0.3, -0.25) is 0 Å². The Morgan fingerprint density at radius 2 is 1.17 bits per heavy atom. The van der Waals surface area contributed by atoms with Crippen molar-refractivity contribution in [2.45, 2.75) is 70.5 Å². The van der Waals surface area contributed by atoms with E-state index in [9.17, 15) is 0 Å². The summed E-state index contributed by atoms with van der Waals surface area (Å²) in [6.45, 7) is 4.92. The van der Waals surface area contributed by atoms with E-state index in [1.165, 1.54) is 38.5 Å². The van der Waals surface area contributed by atoms with Gasteiger partial charge in [-0.05, 0) is 92.6 Å². The number of rotatable bonds is 2. The average Bonchev–Trinajstić information content (AvgIpc) is 2.28. The number of hydrogen-bond acceptors (Lipinski definition) is 0. The van der Waals surface area contributed by atoms with Crippen LogP contribution in [0.25, 0.3) is 0 Å². The van der Waals surface area contributed by atoms with Gasteiger partial charge in [0.2, 0.25) is 0 Å². The highest BCUT2D eigenvalue weighted by molar-refractivity contribution is 8.32. The molecular weight excluding hydrogens is 236 g/mol. The molecule has 0 bridgehead atoms. The molecule has 0 aromatic rings. The molecule has 2 rings (SSSR count). The standard InChI is InChI=1S/C17H34S/c1-17(2)12-10-15(11-13-17)14-6-8-16(9-7-14)18(3,4)5/h14-16H,6-13H2,1-5H3. The largest absolute Gasteiger partial charge is 0.247 e. The van der Waals surface area contributed by atoms with Crippen LogP contribution in [0.5, 0.6) is 0 Å². The van der Waals surface area contributed by atoms with E-state index in [-0.39, 0.29) is 10.0 Å². The summed E-state index contributed by atoms with van der Waals surface area (Å²) in [5.74, 6) is 2.16. The van der Waals surface area contributed by atoms with Crippen molar-refractivity contribution in [3.63, 3.8) is 0 Å². The zero-order valence-corrected chi connectivity index (χ0v) is 14.1. The Hall–Kier alpha value is 0.350. The minimum Gasteiger partial charge on any atom is -0.247 e. The minimum atomic E-state index is -0.299. The van der Waals surface area contributed by atoms with Gasteiger partial charge in [0.25, 0.3) is 0 Å². The van der Waals surface area contributed by atoms with Gasteiger partial charge in [0, 0.05) is 0 Å². The maximum Gasteiger partial charge on any atom is -0.0119 e. The summed E-state index contributed by atoms with van der Waals surface area (Å²) in [6.07, 6.45) is 19.7. The van der Waals surface area contributed by atoms with Crippen LogP contribution in [0.3, 0.4) is 0 Å². The van der Waals surface area contributed by atoms with Crippen molar-refractivity contribution in [3.05, 3.63) is 0 Å². The molecule has 0 atom stereocenters. The van der Waals surface area contributed by atoms with E-state index < -0.39 is 0 Å². The van der Waals surface area contributed by atoms with Gasteiger partial charge in [-0.15, -0.1) is 0 Å². The summed E-state index contributed by atoms with van der Waals surface area (Å²) in [4.78, 5) is 0. The predicted molar refractivity (Wildman–Crippen MR) is 86.8 cm³/mol. The Morgan fingerprint density at radius 3 is 1.61 bits per heavy atom. The second-order valence-corrected chi connectivity index (χ2v) is 13.0. The molecule has 0 heterocycles. The lowest BCUT2D eigenvalue weighted by Gasteiger charge is -2.44. The maximum atomic E-state index is 2.52. The van der Waals surface area contributed by atoms with Crippen molar-refractivity contribution in [2.24, 2.45) is 17.3 Å². The lowest BCUT2D eigenvalue weighted by molar-refractivity contribution is 0.128. The highest BCUT2D eigenvalue weighted by Crippen LogP contribution is 2.51. The molecule has 2 aliphatic carbocycles. The molecule has 0 aromatic carbocycles. The van der Waals surface area contributed by atoms with E-state index in [1.807, 2.05) is 0 Å². The van der Waals surface area contributed by atoms with E-state index >= 15 is 0 Å². The molecule has 2 aliphatic rings.